The van der Waals surface area contributed by atoms with Crippen molar-refractivity contribution in [2.45, 2.75) is 13.0 Å². The Bertz CT molecular complexity index is 643. The summed E-state index contributed by atoms with van der Waals surface area (Å²) >= 11 is 0. The van der Waals surface area contributed by atoms with E-state index in [0.29, 0.717) is 18.0 Å². The van der Waals surface area contributed by atoms with Crippen molar-refractivity contribution in [3.63, 3.8) is 0 Å². The Morgan fingerprint density at radius 2 is 1.74 bits per heavy atom. The summed E-state index contributed by atoms with van der Waals surface area (Å²) in [5.41, 5.74) is 1.80. The Labute approximate surface area is 136 Å². The van der Waals surface area contributed by atoms with Crippen LogP contribution in [0.25, 0.3) is 0 Å². The third kappa shape index (κ3) is 4.64. The van der Waals surface area contributed by atoms with Crippen molar-refractivity contribution in [3.05, 3.63) is 54.1 Å². The molecule has 2 rings (SSSR count). The summed E-state index contributed by atoms with van der Waals surface area (Å²) in [4.78, 5) is 11.4. The molecule has 0 saturated carbocycles. The molecule has 0 saturated heterocycles. The first-order valence-corrected chi connectivity index (χ1v) is 7.32. The number of carbonyl (C=O) groups is 1. The fourth-order valence-electron chi connectivity index (χ4n) is 2.25. The molecule has 0 unspecified atom stereocenters. The molecule has 0 heterocycles. The van der Waals surface area contributed by atoms with Crippen molar-refractivity contribution in [3.8, 4) is 11.5 Å². The van der Waals surface area contributed by atoms with Gasteiger partial charge in [-0.05, 0) is 29.8 Å². The van der Waals surface area contributed by atoms with Gasteiger partial charge >= 0.3 is 5.97 Å². The summed E-state index contributed by atoms with van der Waals surface area (Å²) in [6.07, 6.45) is -0.424. The molecule has 2 aromatic rings. The second-order valence-electron chi connectivity index (χ2n) is 4.96. The summed E-state index contributed by atoms with van der Waals surface area (Å²) in [6.45, 7) is 1.86. The van der Waals surface area contributed by atoms with E-state index in [9.17, 15) is 4.79 Å². The largest absolute Gasteiger partial charge is 0.493 e. The van der Waals surface area contributed by atoms with E-state index in [1.807, 2.05) is 42.5 Å². The molecule has 0 radical (unpaired) electrons. The van der Waals surface area contributed by atoms with Gasteiger partial charge in [-0.2, -0.15) is 0 Å². The molecule has 5 heteroatoms. The van der Waals surface area contributed by atoms with Gasteiger partial charge in [0.1, 0.15) is 6.10 Å². The number of ether oxygens (including phenoxy) is 3. The van der Waals surface area contributed by atoms with Crippen LogP contribution < -0.4 is 14.8 Å². The predicted octanol–water partition coefficient (Wildman–Crippen LogP) is 3.42. The Morgan fingerprint density at radius 1 is 1.04 bits per heavy atom. The molecule has 0 amide bonds. The topological polar surface area (TPSA) is 56.8 Å². The number of rotatable bonds is 7. The van der Waals surface area contributed by atoms with E-state index in [0.717, 1.165) is 11.3 Å². The number of nitrogens with one attached hydrogen (secondary N) is 1. The fourth-order valence-corrected chi connectivity index (χ4v) is 2.25. The lowest BCUT2D eigenvalue weighted by atomic mass is 10.1. The van der Waals surface area contributed by atoms with Gasteiger partial charge in [0.05, 0.1) is 20.8 Å². The minimum atomic E-state index is -0.424. The summed E-state index contributed by atoms with van der Waals surface area (Å²) in [5.74, 6) is 0.898. The molecule has 0 aliphatic rings. The second kappa shape index (κ2) is 8.08. The maximum absolute atomic E-state index is 11.4. The van der Waals surface area contributed by atoms with Crippen LogP contribution in [0.1, 0.15) is 18.6 Å². The minimum Gasteiger partial charge on any atom is -0.493 e. The molecule has 1 N–H and O–H groups in total. The predicted molar refractivity (Wildman–Crippen MR) is 89.0 cm³/mol. The Balaban J connectivity index is 2.18. The molecule has 0 spiro atoms. The first kappa shape index (κ1) is 16.7. The van der Waals surface area contributed by atoms with Crippen LogP contribution in [0.3, 0.4) is 0 Å². The Hall–Kier alpha value is -2.69. The summed E-state index contributed by atoms with van der Waals surface area (Å²) < 4.78 is 16.0. The van der Waals surface area contributed by atoms with Crippen LogP contribution in [0.4, 0.5) is 5.69 Å². The molecule has 0 aliphatic carbocycles. The maximum Gasteiger partial charge on any atom is 0.303 e. The van der Waals surface area contributed by atoms with Crippen molar-refractivity contribution in [2.75, 3.05) is 26.1 Å². The van der Waals surface area contributed by atoms with Crippen molar-refractivity contribution >= 4 is 11.7 Å². The van der Waals surface area contributed by atoms with E-state index < -0.39 is 6.10 Å². The van der Waals surface area contributed by atoms with E-state index in [1.165, 1.54) is 6.92 Å². The molecule has 0 fully saturated rings. The van der Waals surface area contributed by atoms with Gasteiger partial charge < -0.3 is 19.5 Å². The van der Waals surface area contributed by atoms with Gasteiger partial charge in [0, 0.05) is 12.6 Å². The van der Waals surface area contributed by atoms with Gasteiger partial charge in [-0.3, -0.25) is 4.79 Å². The molecule has 23 heavy (non-hydrogen) atoms. The third-order valence-electron chi connectivity index (χ3n) is 3.35. The summed E-state index contributed by atoms with van der Waals surface area (Å²) in [6, 6.07) is 15.2. The first-order chi connectivity index (χ1) is 11.1. The van der Waals surface area contributed by atoms with Crippen molar-refractivity contribution in [2.24, 2.45) is 0 Å². The smallest absolute Gasteiger partial charge is 0.303 e. The minimum absolute atomic E-state index is 0.334. The van der Waals surface area contributed by atoms with Crippen LogP contribution in [0, 0.1) is 0 Å². The Morgan fingerprint density at radius 3 is 2.35 bits per heavy atom. The van der Waals surface area contributed by atoms with E-state index in [-0.39, 0.29) is 5.97 Å². The quantitative estimate of drug-likeness (QED) is 0.793. The van der Waals surface area contributed by atoms with Crippen molar-refractivity contribution in [1.29, 1.82) is 0 Å². The van der Waals surface area contributed by atoms with Crippen LogP contribution in [-0.4, -0.2) is 26.7 Å². The van der Waals surface area contributed by atoms with Crippen LogP contribution in [0.15, 0.2) is 48.5 Å². The highest BCUT2D eigenvalue weighted by molar-refractivity contribution is 5.66. The molecule has 0 aliphatic heterocycles. The Kier molecular flexibility index (Phi) is 5.86. The normalized spacial score (nSPS) is 11.4. The summed E-state index contributed by atoms with van der Waals surface area (Å²) in [5, 5.41) is 3.27. The van der Waals surface area contributed by atoms with Crippen LogP contribution in [0.5, 0.6) is 11.5 Å². The standard InChI is InChI=1S/C18H21NO4/c1-13(20)23-18(12-19-15-7-5-4-6-8-15)14-9-10-16(21-2)17(11-14)22-3/h4-11,18-19H,12H2,1-3H3/t18-/m0/s1. The number of anilines is 1. The molecular formula is C18H21NO4. The molecule has 1 atom stereocenters. The third-order valence-corrected chi connectivity index (χ3v) is 3.35. The van der Waals surface area contributed by atoms with Crippen molar-refractivity contribution < 1.29 is 19.0 Å². The molecule has 0 bridgehead atoms. The molecule has 2 aromatic carbocycles. The number of benzene rings is 2. The lowest BCUT2D eigenvalue weighted by molar-refractivity contribution is -0.146. The molecule has 5 nitrogen and oxygen atoms in total. The lowest BCUT2D eigenvalue weighted by Crippen LogP contribution is -2.18. The van der Waals surface area contributed by atoms with Crippen LogP contribution in [0.2, 0.25) is 0 Å². The lowest BCUT2D eigenvalue weighted by Gasteiger charge is -2.20. The summed E-state index contributed by atoms with van der Waals surface area (Å²) in [7, 11) is 3.16. The van der Waals surface area contributed by atoms with Gasteiger partial charge in [0.15, 0.2) is 11.5 Å². The van der Waals surface area contributed by atoms with Gasteiger partial charge in [-0.25, -0.2) is 0 Å². The van der Waals surface area contributed by atoms with Gasteiger partial charge in [-0.1, -0.05) is 24.3 Å². The zero-order valence-electron chi connectivity index (χ0n) is 13.5. The molecule has 0 aromatic heterocycles. The number of hydrogen-bond acceptors (Lipinski definition) is 5. The average Bonchev–Trinajstić information content (AvgIpc) is 2.58. The highest BCUT2D eigenvalue weighted by Gasteiger charge is 2.17. The first-order valence-electron chi connectivity index (χ1n) is 7.32. The molecule has 122 valence electrons. The van der Waals surface area contributed by atoms with Gasteiger partial charge in [-0.15, -0.1) is 0 Å². The van der Waals surface area contributed by atoms with E-state index in [4.69, 9.17) is 14.2 Å². The van der Waals surface area contributed by atoms with Gasteiger partial charge in [0.25, 0.3) is 0 Å². The zero-order chi connectivity index (χ0) is 16.7. The fraction of sp³-hybridized carbons (Fsp3) is 0.278. The number of hydrogen-bond donors (Lipinski definition) is 1. The number of carbonyl (C=O) groups excluding carboxylic acids is 1. The monoisotopic (exact) mass is 315 g/mol. The van der Waals surface area contributed by atoms with Crippen LogP contribution >= 0.6 is 0 Å². The number of para-hydroxylation sites is 1. The number of esters is 1. The zero-order valence-corrected chi connectivity index (χ0v) is 13.5. The highest BCUT2D eigenvalue weighted by Crippen LogP contribution is 2.31. The van der Waals surface area contributed by atoms with E-state index in [1.54, 1.807) is 20.3 Å². The van der Waals surface area contributed by atoms with Crippen LogP contribution in [-0.2, 0) is 9.53 Å². The SMILES string of the molecule is COc1ccc([C@H](CNc2ccccc2)OC(C)=O)cc1OC. The maximum atomic E-state index is 11.4. The van der Waals surface area contributed by atoms with E-state index in [2.05, 4.69) is 5.32 Å². The number of methoxy groups -OCH3 is 2. The van der Waals surface area contributed by atoms with Gasteiger partial charge in [0.2, 0.25) is 0 Å². The molecular weight excluding hydrogens is 294 g/mol. The highest BCUT2D eigenvalue weighted by atomic mass is 16.5. The van der Waals surface area contributed by atoms with Crippen molar-refractivity contribution in [1.82, 2.24) is 0 Å². The average molecular weight is 315 g/mol. The van der Waals surface area contributed by atoms with E-state index >= 15 is 0 Å². The second-order valence-corrected chi connectivity index (χ2v) is 4.96.